The maximum Gasteiger partial charge on any atom is 0.356 e. The predicted molar refractivity (Wildman–Crippen MR) is 133 cm³/mol. The molecule has 17 nitrogen and oxygen atoms in total. The average molecular weight is 552 g/mol. The SMILES string of the molecule is COC(=O)c1cc2c(O)c(N=Nc3ccc([N+](=O)[O-])cc3[N+](=O)[O-])c3[nH]c(C(=O)OC)cc(C(=O)OC)c3c2n1. The number of esters is 3. The van der Waals surface area contributed by atoms with Gasteiger partial charge in [0.1, 0.15) is 11.4 Å². The number of aromatic amines is 1. The molecule has 0 saturated carbocycles. The molecule has 0 radical (unpaired) electrons. The largest absolute Gasteiger partial charge is 0.505 e. The summed E-state index contributed by atoms with van der Waals surface area (Å²) in [5.41, 5.74) is -3.26. The maximum absolute atomic E-state index is 12.8. The van der Waals surface area contributed by atoms with E-state index < -0.39 is 56.3 Å². The van der Waals surface area contributed by atoms with Gasteiger partial charge in [-0.05, 0) is 18.2 Å². The monoisotopic (exact) mass is 552 g/mol. The average Bonchev–Trinajstić information content (AvgIpc) is 3.40. The summed E-state index contributed by atoms with van der Waals surface area (Å²) < 4.78 is 14.2. The Balaban J connectivity index is 2.12. The summed E-state index contributed by atoms with van der Waals surface area (Å²) in [5.74, 6) is -3.38. The number of carbonyl (C=O) groups excluding carboxylic acids is 3. The van der Waals surface area contributed by atoms with Gasteiger partial charge in [-0.25, -0.2) is 19.4 Å². The topological polar surface area (TPSA) is 239 Å². The number of phenolic OH excluding ortho intramolecular Hbond substituents is 1. The van der Waals surface area contributed by atoms with Crippen molar-refractivity contribution in [1.29, 1.82) is 0 Å². The van der Waals surface area contributed by atoms with Crippen molar-refractivity contribution in [2.75, 3.05) is 21.3 Å². The van der Waals surface area contributed by atoms with Gasteiger partial charge in [0.25, 0.3) is 5.69 Å². The Morgan fingerprint density at radius 2 is 1.60 bits per heavy atom. The van der Waals surface area contributed by atoms with Crippen LogP contribution in [-0.4, -0.2) is 64.2 Å². The van der Waals surface area contributed by atoms with E-state index in [1.807, 2.05) is 0 Å². The van der Waals surface area contributed by atoms with E-state index in [4.69, 9.17) is 9.47 Å². The zero-order valence-electron chi connectivity index (χ0n) is 20.7. The van der Waals surface area contributed by atoms with Crippen LogP contribution in [0.4, 0.5) is 22.7 Å². The lowest BCUT2D eigenvalue weighted by molar-refractivity contribution is -0.393. The van der Waals surface area contributed by atoms with E-state index in [2.05, 4.69) is 24.9 Å². The molecule has 4 rings (SSSR count). The second-order valence-electron chi connectivity index (χ2n) is 7.81. The number of non-ortho nitro benzene ring substituents is 1. The molecule has 0 atom stereocenters. The number of nitro groups is 2. The number of rotatable bonds is 7. The molecule has 2 heterocycles. The number of carbonyl (C=O) groups is 3. The summed E-state index contributed by atoms with van der Waals surface area (Å²) in [6, 6.07) is 4.86. The molecule has 0 unspecified atom stereocenters. The molecule has 204 valence electrons. The number of hydrogen-bond acceptors (Lipinski definition) is 14. The van der Waals surface area contributed by atoms with Crippen LogP contribution in [0, 0.1) is 20.2 Å². The summed E-state index contributed by atoms with van der Waals surface area (Å²) >= 11 is 0. The van der Waals surface area contributed by atoms with E-state index in [9.17, 15) is 39.7 Å². The van der Waals surface area contributed by atoms with Crippen LogP contribution in [0.15, 0.2) is 40.6 Å². The fourth-order valence-corrected chi connectivity index (χ4v) is 3.80. The summed E-state index contributed by atoms with van der Waals surface area (Å²) in [4.78, 5) is 65.0. The number of nitrogens with zero attached hydrogens (tertiary/aromatic N) is 5. The third kappa shape index (κ3) is 4.57. The Labute approximate surface area is 221 Å². The summed E-state index contributed by atoms with van der Waals surface area (Å²) in [6.07, 6.45) is 0. The number of benzene rings is 2. The van der Waals surface area contributed by atoms with Crippen molar-refractivity contribution in [1.82, 2.24) is 9.97 Å². The van der Waals surface area contributed by atoms with Gasteiger partial charge in [-0.3, -0.25) is 20.2 Å². The number of azo groups is 1. The van der Waals surface area contributed by atoms with Gasteiger partial charge in [0.05, 0.1) is 53.8 Å². The highest BCUT2D eigenvalue weighted by atomic mass is 16.6. The zero-order valence-corrected chi connectivity index (χ0v) is 20.7. The van der Waals surface area contributed by atoms with Gasteiger partial charge in [-0.15, -0.1) is 10.2 Å². The lowest BCUT2D eigenvalue weighted by atomic mass is 10.0. The molecular formula is C23H16N6O11. The molecule has 0 fully saturated rings. The zero-order chi connectivity index (χ0) is 29.3. The van der Waals surface area contributed by atoms with Gasteiger partial charge in [-0.2, -0.15) is 0 Å². The number of hydrogen-bond donors (Lipinski definition) is 2. The molecule has 0 amide bonds. The number of phenols is 1. The molecule has 0 saturated heterocycles. The van der Waals surface area contributed by atoms with Crippen LogP contribution in [0.1, 0.15) is 31.3 Å². The molecule has 2 aromatic heterocycles. The third-order valence-electron chi connectivity index (χ3n) is 5.62. The van der Waals surface area contributed by atoms with Crippen LogP contribution >= 0.6 is 0 Å². The van der Waals surface area contributed by atoms with Crippen LogP contribution in [0.25, 0.3) is 21.8 Å². The van der Waals surface area contributed by atoms with E-state index in [-0.39, 0.29) is 38.8 Å². The molecule has 0 bridgehead atoms. The van der Waals surface area contributed by atoms with Gasteiger partial charge in [0.15, 0.2) is 17.1 Å². The normalized spacial score (nSPS) is 11.1. The second-order valence-corrected chi connectivity index (χ2v) is 7.81. The molecule has 0 spiro atoms. The van der Waals surface area contributed by atoms with Gasteiger partial charge < -0.3 is 24.3 Å². The summed E-state index contributed by atoms with van der Waals surface area (Å²) in [5, 5.41) is 41.3. The third-order valence-corrected chi connectivity index (χ3v) is 5.62. The lowest BCUT2D eigenvalue weighted by Gasteiger charge is -2.12. The number of nitrogens with one attached hydrogen (secondary N) is 1. The van der Waals surface area contributed by atoms with E-state index in [0.717, 1.165) is 45.6 Å². The van der Waals surface area contributed by atoms with Gasteiger partial charge in [0.2, 0.25) is 0 Å². The van der Waals surface area contributed by atoms with Crippen LogP contribution in [0.2, 0.25) is 0 Å². The minimum atomic E-state index is -0.937. The first-order valence-corrected chi connectivity index (χ1v) is 10.8. The lowest BCUT2D eigenvalue weighted by Crippen LogP contribution is -2.10. The quantitative estimate of drug-likeness (QED) is 0.109. The number of nitro benzene ring substituents is 2. The molecule has 0 aliphatic heterocycles. The standard InChI is InChI=1S/C23H16N6O11/c1-38-21(31)10-7-13(22(32)39-2)25-18-16(10)17-11(8-14(24-17)23(33)40-3)20(30)19(18)27-26-12-5-4-9(28(34)35)6-15(12)29(36)37/h4-8,25,30H,1-3H3. The fourth-order valence-electron chi connectivity index (χ4n) is 3.80. The van der Waals surface area contributed by atoms with Crippen molar-refractivity contribution in [2.45, 2.75) is 0 Å². The predicted octanol–water partition coefficient (Wildman–Crippen LogP) is 4.01. The Hall–Kier alpha value is -6.00. The first-order chi connectivity index (χ1) is 19.0. The molecule has 0 aliphatic rings. The number of pyridine rings is 1. The summed E-state index contributed by atoms with van der Waals surface area (Å²) in [6.45, 7) is 0. The van der Waals surface area contributed by atoms with Gasteiger partial charge in [0, 0.05) is 16.8 Å². The van der Waals surface area contributed by atoms with E-state index >= 15 is 0 Å². The molecule has 17 heteroatoms. The van der Waals surface area contributed by atoms with Gasteiger partial charge in [-0.1, -0.05) is 0 Å². The van der Waals surface area contributed by atoms with Crippen molar-refractivity contribution in [3.8, 4) is 5.75 Å². The smallest absolute Gasteiger partial charge is 0.356 e. The number of methoxy groups -OCH3 is 3. The van der Waals surface area contributed by atoms with Crippen LogP contribution in [0.5, 0.6) is 5.75 Å². The Kier molecular flexibility index (Phi) is 7.03. The van der Waals surface area contributed by atoms with E-state index in [1.54, 1.807) is 0 Å². The Morgan fingerprint density at radius 1 is 0.925 bits per heavy atom. The number of aromatic hydroxyl groups is 1. The Bertz CT molecular complexity index is 1790. The minimum absolute atomic E-state index is 0.0606. The molecule has 2 aromatic carbocycles. The van der Waals surface area contributed by atoms with Crippen molar-refractivity contribution in [2.24, 2.45) is 10.2 Å². The number of aromatic nitrogens is 2. The minimum Gasteiger partial charge on any atom is -0.505 e. The van der Waals surface area contributed by atoms with Crippen LogP contribution in [0.3, 0.4) is 0 Å². The van der Waals surface area contributed by atoms with Crippen molar-refractivity contribution in [3.63, 3.8) is 0 Å². The summed E-state index contributed by atoms with van der Waals surface area (Å²) in [7, 11) is 3.26. The Morgan fingerprint density at radius 3 is 2.20 bits per heavy atom. The van der Waals surface area contributed by atoms with Crippen molar-refractivity contribution < 1.29 is 43.5 Å². The number of fused-ring (bicyclic) bond motifs is 3. The first-order valence-electron chi connectivity index (χ1n) is 10.8. The van der Waals surface area contributed by atoms with Crippen LogP contribution in [-0.2, 0) is 14.2 Å². The molecule has 40 heavy (non-hydrogen) atoms. The highest BCUT2D eigenvalue weighted by Crippen LogP contribution is 2.45. The first kappa shape index (κ1) is 27.0. The highest BCUT2D eigenvalue weighted by Gasteiger charge is 2.27. The molecule has 2 N–H and O–H groups in total. The molecular weight excluding hydrogens is 536 g/mol. The van der Waals surface area contributed by atoms with E-state index in [0.29, 0.717) is 6.07 Å². The fraction of sp³-hybridized carbons (Fsp3) is 0.130. The maximum atomic E-state index is 12.8. The number of ether oxygens (including phenoxy) is 3. The van der Waals surface area contributed by atoms with E-state index in [1.165, 1.54) is 0 Å². The second kappa shape index (κ2) is 10.4. The highest BCUT2D eigenvalue weighted by molar-refractivity contribution is 6.21. The van der Waals surface area contributed by atoms with Crippen LogP contribution < -0.4 is 0 Å². The molecule has 4 aromatic rings. The number of H-pyrrole nitrogens is 1. The molecule has 0 aliphatic carbocycles. The van der Waals surface area contributed by atoms with Crippen molar-refractivity contribution in [3.05, 3.63) is 67.5 Å². The van der Waals surface area contributed by atoms with Crippen molar-refractivity contribution >= 4 is 62.5 Å². The van der Waals surface area contributed by atoms with Gasteiger partial charge >= 0.3 is 23.6 Å².